The van der Waals surface area contributed by atoms with E-state index in [2.05, 4.69) is 20.7 Å². The zero-order chi connectivity index (χ0) is 19.1. The summed E-state index contributed by atoms with van der Waals surface area (Å²) in [5.41, 5.74) is 3.06. The van der Waals surface area contributed by atoms with Crippen LogP contribution in [0.1, 0.15) is 18.1 Å². The average molecular weight is 363 g/mol. The van der Waals surface area contributed by atoms with Gasteiger partial charge in [0.05, 0.1) is 18.5 Å². The third-order valence-electron chi connectivity index (χ3n) is 3.70. The Morgan fingerprint density at radius 3 is 2.48 bits per heavy atom. The smallest absolute Gasteiger partial charge is 0.358 e. The highest BCUT2D eigenvalue weighted by Gasteiger charge is 2.03. The number of aromatic nitrogens is 4. The number of benzene rings is 2. The van der Waals surface area contributed by atoms with Crippen LogP contribution >= 0.6 is 0 Å². The number of tetrazole rings is 1. The minimum atomic E-state index is -0.560. The Morgan fingerprint density at radius 1 is 1.11 bits per heavy atom. The number of ether oxygens (including phenoxy) is 1. The second kappa shape index (κ2) is 8.52. The molecular formula is C19H17N5O3. The fourth-order valence-electron chi connectivity index (χ4n) is 2.21. The van der Waals surface area contributed by atoms with Crippen LogP contribution < -0.4 is 4.74 Å². The first-order chi connectivity index (χ1) is 13.2. The van der Waals surface area contributed by atoms with Crippen molar-refractivity contribution >= 4 is 17.8 Å². The summed E-state index contributed by atoms with van der Waals surface area (Å²) in [4.78, 5) is 16.7. The fourth-order valence-corrected chi connectivity index (χ4v) is 2.21. The molecule has 0 aliphatic carbocycles. The molecule has 8 nitrogen and oxygen atoms in total. The third kappa shape index (κ3) is 4.85. The van der Waals surface area contributed by atoms with Gasteiger partial charge >= 0.3 is 5.97 Å². The molecule has 0 saturated heterocycles. The lowest BCUT2D eigenvalue weighted by Crippen LogP contribution is -2.01. The van der Waals surface area contributed by atoms with Crippen molar-refractivity contribution in [1.82, 2.24) is 20.2 Å². The maximum absolute atomic E-state index is 11.8. The Balaban J connectivity index is 1.59. The van der Waals surface area contributed by atoms with E-state index in [1.54, 1.807) is 24.8 Å². The minimum absolute atomic E-state index is 0.560. The predicted octanol–water partition coefficient (Wildman–Crippen LogP) is 2.65. The van der Waals surface area contributed by atoms with Crippen LogP contribution in [0.2, 0.25) is 0 Å². The van der Waals surface area contributed by atoms with Crippen molar-refractivity contribution in [3.05, 3.63) is 72.1 Å². The maximum atomic E-state index is 11.8. The number of carbonyl (C=O) groups is 1. The Labute approximate surface area is 155 Å². The van der Waals surface area contributed by atoms with Gasteiger partial charge in [-0.15, -0.1) is 5.10 Å². The van der Waals surface area contributed by atoms with Crippen LogP contribution in [0.5, 0.6) is 5.75 Å². The molecule has 136 valence electrons. The Hall–Kier alpha value is -3.81. The highest BCUT2D eigenvalue weighted by Crippen LogP contribution is 2.12. The molecule has 0 unspecified atom stereocenters. The molecule has 1 aromatic heterocycles. The van der Waals surface area contributed by atoms with Crippen LogP contribution in [0, 0.1) is 0 Å². The zero-order valence-corrected chi connectivity index (χ0v) is 14.8. The predicted molar refractivity (Wildman–Crippen MR) is 99.5 cm³/mol. The molecule has 27 heavy (non-hydrogen) atoms. The van der Waals surface area contributed by atoms with Crippen LogP contribution in [0.3, 0.4) is 0 Å². The van der Waals surface area contributed by atoms with Gasteiger partial charge in [0.15, 0.2) is 0 Å². The van der Waals surface area contributed by atoms with Gasteiger partial charge in [0.2, 0.25) is 0 Å². The summed E-state index contributed by atoms with van der Waals surface area (Å²) < 4.78 is 6.63. The number of rotatable bonds is 6. The van der Waals surface area contributed by atoms with Gasteiger partial charge in [0, 0.05) is 6.08 Å². The number of oxime groups is 1. The highest BCUT2D eigenvalue weighted by atomic mass is 16.7. The molecule has 8 heteroatoms. The first kappa shape index (κ1) is 18.0. The molecule has 0 aliphatic rings. The second-order valence-corrected chi connectivity index (χ2v) is 5.49. The van der Waals surface area contributed by atoms with Crippen LogP contribution in [0.4, 0.5) is 0 Å². The van der Waals surface area contributed by atoms with E-state index in [1.807, 2.05) is 48.5 Å². The van der Waals surface area contributed by atoms with Gasteiger partial charge in [-0.05, 0) is 58.8 Å². The van der Waals surface area contributed by atoms with Crippen molar-refractivity contribution in [2.75, 3.05) is 7.11 Å². The standard InChI is InChI=1S/C19H17N5O3/c1-14(16-6-8-17(9-7-16)24-13-20-22-23-24)21-27-19(25)12-5-15-3-10-18(26-2)11-4-15/h3-13H,1-2H3/b12-5+,21-14+. The van der Waals surface area contributed by atoms with E-state index in [0.29, 0.717) is 5.71 Å². The minimum Gasteiger partial charge on any atom is -0.497 e. The van der Waals surface area contributed by atoms with Gasteiger partial charge in [-0.25, -0.2) is 9.48 Å². The van der Waals surface area contributed by atoms with Crippen molar-refractivity contribution in [2.24, 2.45) is 5.16 Å². The van der Waals surface area contributed by atoms with Crippen LogP contribution in [0.15, 0.2) is 66.1 Å². The highest BCUT2D eigenvalue weighted by molar-refractivity contribution is 5.99. The molecule has 0 amide bonds. The van der Waals surface area contributed by atoms with Gasteiger partial charge in [0.1, 0.15) is 12.1 Å². The summed E-state index contributed by atoms with van der Waals surface area (Å²) in [7, 11) is 1.60. The van der Waals surface area contributed by atoms with Crippen LogP contribution in [0.25, 0.3) is 11.8 Å². The van der Waals surface area contributed by atoms with E-state index >= 15 is 0 Å². The molecular weight excluding hydrogens is 346 g/mol. The Morgan fingerprint density at radius 2 is 1.85 bits per heavy atom. The summed E-state index contributed by atoms with van der Waals surface area (Å²) >= 11 is 0. The molecule has 0 aliphatic heterocycles. The zero-order valence-electron chi connectivity index (χ0n) is 14.8. The van der Waals surface area contributed by atoms with Gasteiger partial charge in [-0.3, -0.25) is 0 Å². The van der Waals surface area contributed by atoms with Crippen molar-refractivity contribution in [2.45, 2.75) is 6.92 Å². The number of nitrogens with zero attached hydrogens (tertiary/aromatic N) is 5. The normalized spacial score (nSPS) is 11.6. The molecule has 0 atom stereocenters. The van der Waals surface area contributed by atoms with Gasteiger partial charge < -0.3 is 9.57 Å². The Bertz CT molecular complexity index is 946. The van der Waals surface area contributed by atoms with Gasteiger partial charge in [-0.1, -0.05) is 29.4 Å². The van der Waals surface area contributed by atoms with E-state index in [1.165, 1.54) is 12.4 Å². The van der Waals surface area contributed by atoms with Crippen molar-refractivity contribution < 1.29 is 14.4 Å². The van der Waals surface area contributed by atoms with E-state index in [-0.39, 0.29) is 0 Å². The number of hydrogen-bond donors (Lipinski definition) is 0. The largest absolute Gasteiger partial charge is 0.497 e. The maximum Gasteiger partial charge on any atom is 0.358 e. The Kier molecular flexibility index (Phi) is 5.68. The molecule has 0 spiro atoms. The van der Waals surface area contributed by atoms with Crippen molar-refractivity contribution in [3.63, 3.8) is 0 Å². The monoisotopic (exact) mass is 363 g/mol. The van der Waals surface area contributed by atoms with E-state index < -0.39 is 5.97 Å². The molecule has 0 saturated carbocycles. The molecule has 0 fully saturated rings. The molecule has 3 aromatic rings. The fraction of sp³-hybridized carbons (Fsp3) is 0.105. The van der Waals surface area contributed by atoms with Gasteiger partial charge in [0.25, 0.3) is 0 Å². The van der Waals surface area contributed by atoms with E-state index in [4.69, 9.17) is 9.57 Å². The van der Waals surface area contributed by atoms with Crippen molar-refractivity contribution in [1.29, 1.82) is 0 Å². The van der Waals surface area contributed by atoms with E-state index in [9.17, 15) is 4.79 Å². The number of hydrogen-bond acceptors (Lipinski definition) is 7. The average Bonchev–Trinajstić information content (AvgIpc) is 3.26. The molecule has 3 rings (SSSR count). The lowest BCUT2D eigenvalue weighted by molar-refractivity contribution is -0.137. The van der Waals surface area contributed by atoms with E-state index in [0.717, 1.165) is 22.6 Å². The first-order valence-electron chi connectivity index (χ1n) is 8.07. The van der Waals surface area contributed by atoms with Crippen LogP contribution in [-0.4, -0.2) is 39.0 Å². The SMILES string of the molecule is COc1ccc(/C=C/C(=O)O/N=C(\C)c2ccc(-n3cnnn3)cc2)cc1. The molecule has 0 radical (unpaired) electrons. The molecule has 1 heterocycles. The lowest BCUT2D eigenvalue weighted by Gasteiger charge is -2.02. The number of carbonyl (C=O) groups excluding carboxylic acids is 1. The summed E-state index contributed by atoms with van der Waals surface area (Å²) in [5, 5.41) is 14.9. The second-order valence-electron chi connectivity index (χ2n) is 5.49. The van der Waals surface area contributed by atoms with Gasteiger partial charge in [-0.2, -0.15) is 0 Å². The molecule has 0 N–H and O–H groups in total. The van der Waals surface area contributed by atoms with Crippen LogP contribution in [-0.2, 0) is 9.63 Å². The summed E-state index contributed by atoms with van der Waals surface area (Å²) in [5.74, 6) is 0.191. The third-order valence-corrected chi connectivity index (χ3v) is 3.70. The summed E-state index contributed by atoms with van der Waals surface area (Å²) in [6.07, 6.45) is 4.47. The van der Waals surface area contributed by atoms with Crippen molar-refractivity contribution in [3.8, 4) is 11.4 Å². The number of methoxy groups -OCH3 is 1. The quantitative estimate of drug-likeness (QED) is 0.289. The molecule has 0 bridgehead atoms. The molecule has 2 aromatic carbocycles. The summed E-state index contributed by atoms with van der Waals surface area (Å²) in [6.45, 7) is 1.76. The lowest BCUT2D eigenvalue weighted by atomic mass is 10.1. The first-order valence-corrected chi connectivity index (χ1v) is 8.07. The summed E-state index contributed by atoms with van der Waals surface area (Å²) in [6, 6.07) is 14.7. The topological polar surface area (TPSA) is 91.5 Å².